The van der Waals surface area contributed by atoms with Gasteiger partial charge in [-0.05, 0) is 70.6 Å². The second-order valence-electron chi connectivity index (χ2n) is 13.3. The van der Waals surface area contributed by atoms with Crippen molar-refractivity contribution in [2.75, 3.05) is 26.3 Å². The molecule has 3 heterocycles. The monoisotopic (exact) mass is 562 g/mol. The molecule has 3 saturated heterocycles. The van der Waals surface area contributed by atoms with Crippen molar-refractivity contribution in [3.8, 4) is 0 Å². The maximum atomic E-state index is 14.6. The minimum Gasteiger partial charge on any atom is -0.465 e. The van der Waals surface area contributed by atoms with Gasteiger partial charge >= 0.3 is 5.97 Å². The molecule has 7 nitrogen and oxygen atoms in total. The van der Waals surface area contributed by atoms with Crippen molar-refractivity contribution in [2.45, 2.75) is 108 Å². The number of fused-ring (bicyclic) bond motifs is 1. The number of amides is 2. The lowest BCUT2D eigenvalue weighted by Gasteiger charge is -2.46. The van der Waals surface area contributed by atoms with E-state index in [0.29, 0.717) is 32.5 Å². The second kappa shape index (κ2) is 12.8. The molecule has 0 aliphatic carbocycles. The van der Waals surface area contributed by atoms with Crippen LogP contribution in [0.25, 0.3) is 0 Å². The first-order valence-electron chi connectivity index (χ1n) is 14.6. The predicted molar refractivity (Wildman–Crippen MR) is 157 cm³/mol. The number of aliphatic hydroxyl groups excluding tert-OH is 1. The van der Waals surface area contributed by atoms with Gasteiger partial charge in [-0.2, -0.15) is 0 Å². The van der Waals surface area contributed by atoms with E-state index in [1.54, 1.807) is 22.7 Å². The number of nitrogens with zero attached hydrogens (tertiary/aromatic N) is 2. The number of unbranched alkanes of at least 4 members (excludes halogenated alkanes) is 3. The molecule has 3 aliphatic rings. The van der Waals surface area contributed by atoms with E-state index in [1.165, 1.54) is 0 Å². The highest BCUT2D eigenvalue weighted by atomic mass is 32.2. The molecular weight excluding hydrogens is 512 g/mol. The van der Waals surface area contributed by atoms with Gasteiger partial charge in [0.25, 0.3) is 0 Å². The maximum absolute atomic E-state index is 14.6. The third-order valence-corrected chi connectivity index (χ3v) is 10.4. The molecule has 0 aromatic rings. The summed E-state index contributed by atoms with van der Waals surface area (Å²) < 4.78 is 5.07. The van der Waals surface area contributed by atoms with Gasteiger partial charge in [-0.3, -0.25) is 14.4 Å². The van der Waals surface area contributed by atoms with Gasteiger partial charge in [-0.25, -0.2) is 0 Å². The number of likely N-dealkylation sites (tertiary alicyclic amines) is 1. The topological polar surface area (TPSA) is 87.2 Å². The minimum absolute atomic E-state index is 0.00256. The van der Waals surface area contributed by atoms with E-state index in [-0.39, 0.29) is 35.1 Å². The van der Waals surface area contributed by atoms with E-state index < -0.39 is 28.2 Å². The number of rotatable bonds is 15. The second-order valence-corrected chi connectivity index (χ2v) is 14.9. The van der Waals surface area contributed by atoms with Gasteiger partial charge in [-0.15, -0.1) is 24.9 Å². The van der Waals surface area contributed by atoms with Crippen molar-refractivity contribution in [3.63, 3.8) is 0 Å². The Bertz CT molecular complexity index is 928. The van der Waals surface area contributed by atoms with Crippen LogP contribution in [0.15, 0.2) is 25.3 Å². The largest absolute Gasteiger partial charge is 0.465 e. The highest BCUT2D eigenvalue weighted by molar-refractivity contribution is 8.02. The van der Waals surface area contributed by atoms with Crippen LogP contribution in [-0.4, -0.2) is 80.6 Å². The summed E-state index contributed by atoms with van der Waals surface area (Å²) in [5, 5.41) is 9.40. The summed E-state index contributed by atoms with van der Waals surface area (Å²) in [4.78, 5) is 45.8. The van der Waals surface area contributed by atoms with E-state index >= 15 is 0 Å². The molecule has 1 spiro atoms. The van der Waals surface area contributed by atoms with Crippen LogP contribution in [-0.2, 0) is 19.1 Å². The van der Waals surface area contributed by atoms with Crippen molar-refractivity contribution >= 4 is 29.5 Å². The number of hydrogen-bond donors (Lipinski definition) is 1. The summed E-state index contributed by atoms with van der Waals surface area (Å²) in [6.07, 6.45) is 9.65. The Kier molecular flexibility index (Phi) is 10.4. The average molecular weight is 563 g/mol. The van der Waals surface area contributed by atoms with Gasteiger partial charge in [0.15, 0.2) is 0 Å². The summed E-state index contributed by atoms with van der Waals surface area (Å²) in [7, 11) is 0. The standard InChI is InChI=1S/C31H50N2O5S/c1-8-10-11-14-20-38-28(37)23-22-15-16-31(39-22)24(23)26(35)32(18-12-13-19-34)25(31)27(36)33(17-9-2)30(6,7)21-29(3,4)5/h8-9,22-25,34H,1-2,10-21H2,3-7H3/t22-,23+,24-,25?,31?/m0/s1. The smallest absolute Gasteiger partial charge is 0.310 e. The number of ether oxygens (including phenoxy) is 1. The van der Waals surface area contributed by atoms with Gasteiger partial charge in [0.05, 0.1) is 23.2 Å². The number of hydrogen-bond acceptors (Lipinski definition) is 6. The number of thioether (sulfide) groups is 1. The number of carbonyl (C=O) groups is 3. The van der Waals surface area contributed by atoms with Crippen LogP contribution >= 0.6 is 11.8 Å². The molecule has 220 valence electrons. The first-order chi connectivity index (χ1) is 18.3. The molecule has 3 fully saturated rings. The Hall–Kier alpha value is -1.80. The zero-order valence-corrected chi connectivity index (χ0v) is 25.6. The van der Waals surface area contributed by atoms with Crippen molar-refractivity contribution in [3.05, 3.63) is 25.3 Å². The molecule has 0 radical (unpaired) electrons. The number of aliphatic hydroxyl groups is 1. The van der Waals surface area contributed by atoms with Crippen molar-refractivity contribution in [1.29, 1.82) is 0 Å². The van der Waals surface area contributed by atoms with Gasteiger partial charge < -0.3 is 19.6 Å². The van der Waals surface area contributed by atoms with Crippen molar-refractivity contribution < 1.29 is 24.2 Å². The van der Waals surface area contributed by atoms with Crippen LogP contribution < -0.4 is 0 Å². The molecule has 5 atom stereocenters. The average Bonchev–Trinajstić information content (AvgIpc) is 3.48. The Morgan fingerprint density at radius 3 is 2.49 bits per heavy atom. The fourth-order valence-corrected chi connectivity index (χ4v) is 9.50. The lowest BCUT2D eigenvalue weighted by Crippen LogP contribution is -2.60. The predicted octanol–water partition coefficient (Wildman–Crippen LogP) is 4.98. The molecule has 3 rings (SSSR count). The van der Waals surface area contributed by atoms with Crippen LogP contribution in [0, 0.1) is 17.3 Å². The van der Waals surface area contributed by atoms with E-state index in [9.17, 15) is 19.5 Å². The number of allylic oxidation sites excluding steroid dienone is 1. The molecule has 2 bridgehead atoms. The minimum atomic E-state index is -0.645. The van der Waals surface area contributed by atoms with Crippen molar-refractivity contribution in [1.82, 2.24) is 9.80 Å². The molecule has 2 unspecified atom stereocenters. The van der Waals surface area contributed by atoms with E-state index in [4.69, 9.17) is 4.74 Å². The third kappa shape index (κ3) is 6.58. The lowest BCUT2D eigenvalue weighted by molar-refractivity contribution is -0.154. The van der Waals surface area contributed by atoms with Gasteiger partial charge in [0.2, 0.25) is 11.8 Å². The molecule has 1 N–H and O–H groups in total. The van der Waals surface area contributed by atoms with Gasteiger partial charge in [0, 0.05) is 30.5 Å². The zero-order chi connectivity index (χ0) is 29.0. The molecule has 2 amide bonds. The maximum Gasteiger partial charge on any atom is 0.310 e. The summed E-state index contributed by atoms with van der Waals surface area (Å²) in [6.45, 7) is 19.5. The first-order valence-corrected chi connectivity index (χ1v) is 15.5. The fraction of sp³-hybridized carbons (Fsp3) is 0.774. The van der Waals surface area contributed by atoms with Crippen molar-refractivity contribution in [2.24, 2.45) is 17.3 Å². The summed E-state index contributed by atoms with van der Waals surface area (Å²) in [5.74, 6) is -1.55. The Morgan fingerprint density at radius 1 is 1.15 bits per heavy atom. The fourth-order valence-electron chi connectivity index (χ4n) is 7.30. The van der Waals surface area contributed by atoms with Crippen LogP contribution in [0.3, 0.4) is 0 Å². The van der Waals surface area contributed by atoms with Crippen LogP contribution in [0.2, 0.25) is 0 Å². The molecule has 0 saturated carbocycles. The number of carbonyl (C=O) groups excluding carboxylic acids is 3. The quantitative estimate of drug-likeness (QED) is 0.172. The number of esters is 1. The van der Waals surface area contributed by atoms with Crippen LogP contribution in [0.5, 0.6) is 0 Å². The molecule has 3 aliphatic heterocycles. The van der Waals surface area contributed by atoms with Crippen LogP contribution in [0.4, 0.5) is 0 Å². The van der Waals surface area contributed by atoms with Crippen LogP contribution in [0.1, 0.15) is 86.0 Å². The third-order valence-electron chi connectivity index (χ3n) is 8.43. The van der Waals surface area contributed by atoms with E-state index in [2.05, 4.69) is 47.8 Å². The molecule has 8 heteroatoms. The summed E-state index contributed by atoms with van der Waals surface area (Å²) >= 11 is 1.68. The highest BCUT2D eigenvalue weighted by Crippen LogP contribution is 2.66. The Morgan fingerprint density at radius 2 is 1.87 bits per heavy atom. The SMILES string of the molecule is C=CCCCCOC(=O)[C@@H]1[C@@H]2CCC3(S2)C(C(=O)N(CC=C)C(C)(C)CC(C)(C)C)N(CCCCO)C(=O)[C@H]13. The molecule has 0 aromatic carbocycles. The van der Waals surface area contributed by atoms with E-state index in [0.717, 1.165) is 38.5 Å². The summed E-state index contributed by atoms with van der Waals surface area (Å²) in [5.41, 5.74) is -0.458. The normalized spacial score (nSPS) is 27.9. The molecular formula is C31H50N2O5S. The van der Waals surface area contributed by atoms with Gasteiger partial charge in [0.1, 0.15) is 6.04 Å². The summed E-state index contributed by atoms with van der Waals surface area (Å²) in [6, 6.07) is -0.645. The zero-order valence-electron chi connectivity index (χ0n) is 24.7. The van der Waals surface area contributed by atoms with E-state index in [1.807, 2.05) is 11.0 Å². The first kappa shape index (κ1) is 31.7. The lowest BCUT2D eigenvalue weighted by atomic mass is 9.71. The highest BCUT2D eigenvalue weighted by Gasteiger charge is 2.74. The molecule has 0 aromatic heterocycles. The Balaban J connectivity index is 1.94. The van der Waals surface area contributed by atoms with Gasteiger partial charge in [-0.1, -0.05) is 32.9 Å². The Labute approximate surface area is 239 Å². The molecule has 39 heavy (non-hydrogen) atoms.